The second-order valence-corrected chi connectivity index (χ2v) is 8.84. The standard InChI is InChI=1S/C27H27N7/c28-26-23-11-14-32(17-19-4-2-1-3-5-19)18-24(23)31-27(29)34(26)22-6-7-25-20(16-22)10-15-33(25)21-8-12-30-13-9-21/h1-10,12-13,15-16,26H,11,14,17-18,28H2,(H2,29,31). The molecular formula is C27H27N7. The van der Waals surface area contributed by atoms with E-state index in [4.69, 9.17) is 16.5 Å². The number of aromatic nitrogens is 2. The molecule has 170 valence electrons. The monoisotopic (exact) mass is 449 g/mol. The van der Waals surface area contributed by atoms with Crippen LogP contribution in [0, 0.1) is 0 Å². The molecule has 7 nitrogen and oxygen atoms in total. The predicted octanol–water partition coefficient (Wildman–Crippen LogP) is 3.61. The van der Waals surface area contributed by atoms with E-state index in [2.05, 4.69) is 69.2 Å². The molecule has 0 amide bonds. The van der Waals surface area contributed by atoms with Crippen LogP contribution in [0.3, 0.4) is 0 Å². The van der Waals surface area contributed by atoms with Crippen LogP contribution in [0.15, 0.2) is 102 Å². The average molecular weight is 450 g/mol. The van der Waals surface area contributed by atoms with Crippen LogP contribution in [0.5, 0.6) is 0 Å². The lowest BCUT2D eigenvalue weighted by Crippen LogP contribution is -2.55. The number of anilines is 1. The van der Waals surface area contributed by atoms with Gasteiger partial charge in [-0.15, -0.1) is 0 Å². The summed E-state index contributed by atoms with van der Waals surface area (Å²) < 4.78 is 2.15. The molecule has 1 unspecified atom stereocenters. The maximum Gasteiger partial charge on any atom is 0.202 e. The van der Waals surface area contributed by atoms with Crippen LogP contribution in [0.1, 0.15) is 12.0 Å². The molecule has 1 atom stereocenters. The molecule has 34 heavy (non-hydrogen) atoms. The third-order valence-electron chi connectivity index (χ3n) is 6.71. The number of nitrogens with zero attached hydrogens (tertiary/aromatic N) is 5. The van der Waals surface area contributed by atoms with Crippen LogP contribution < -0.4 is 16.4 Å². The Morgan fingerprint density at radius 2 is 1.76 bits per heavy atom. The van der Waals surface area contributed by atoms with Crippen LogP contribution in [-0.2, 0) is 6.54 Å². The van der Waals surface area contributed by atoms with Crippen LogP contribution >= 0.6 is 0 Å². The van der Waals surface area contributed by atoms with E-state index in [1.807, 2.05) is 23.1 Å². The average Bonchev–Trinajstić information content (AvgIpc) is 3.28. The zero-order valence-electron chi connectivity index (χ0n) is 18.9. The van der Waals surface area contributed by atoms with Gasteiger partial charge >= 0.3 is 0 Å². The Labute approximate surface area is 198 Å². The van der Waals surface area contributed by atoms with Gasteiger partial charge in [-0.1, -0.05) is 30.3 Å². The van der Waals surface area contributed by atoms with E-state index in [-0.39, 0.29) is 6.17 Å². The summed E-state index contributed by atoms with van der Waals surface area (Å²) in [4.78, 5) is 13.3. The molecule has 0 saturated carbocycles. The third-order valence-corrected chi connectivity index (χ3v) is 6.71. The molecule has 2 aromatic heterocycles. The zero-order chi connectivity index (χ0) is 23.1. The highest BCUT2D eigenvalue weighted by Crippen LogP contribution is 2.32. The fourth-order valence-electron chi connectivity index (χ4n) is 5.01. The first-order valence-electron chi connectivity index (χ1n) is 11.6. The highest BCUT2D eigenvalue weighted by molar-refractivity contribution is 5.99. The summed E-state index contributed by atoms with van der Waals surface area (Å²) in [7, 11) is 0. The summed E-state index contributed by atoms with van der Waals surface area (Å²) in [5.74, 6) is 0.445. The first kappa shape index (κ1) is 20.7. The molecule has 7 heteroatoms. The van der Waals surface area contributed by atoms with Crippen molar-refractivity contribution in [2.24, 2.45) is 16.5 Å². The fraction of sp³-hybridized carbons (Fsp3) is 0.185. The smallest absolute Gasteiger partial charge is 0.202 e. The van der Waals surface area contributed by atoms with Gasteiger partial charge in [0.05, 0.1) is 11.2 Å². The fourth-order valence-corrected chi connectivity index (χ4v) is 5.01. The Balaban J connectivity index is 1.26. The van der Waals surface area contributed by atoms with Gasteiger partial charge in [0.1, 0.15) is 6.17 Å². The van der Waals surface area contributed by atoms with E-state index in [1.165, 1.54) is 11.1 Å². The van der Waals surface area contributed by atoms with Crippen LogP contribution in [-0.4, -0.2) is 39.7 Å². The van der Waals surface area contributed by atoms with Gasteiger partial charge in [0.2, 0.25) is 5.96 Å². The number of benzene rings is 2. The summed E-state index contributed by atoms with van der Waals surface area (Å²) >= 11 is 0. The highest BCUT2D eigenvalue weighted by atomic mass is 15.3. The first-order chi connectivity index (χ1) is 16.7. The Morgan fingerprint density at radius 3 is 2.59 bits per heavy atom. The maximum atomic E-state index is 6.77. The SMILES string of the molecule is NC1=NC2=C(CCN(Cc3ccccc3)C2)C(N)N1c1ccc2c(ccn2-c2ccncc2)c1. The highest BCUT2D eigenvalue weighted by Gasteiger charge is 2.32. The normalized spacial score (nSPS) is 18.8. The number of hydrogen-bond acceptors (Lipinski definition) is 6. The van der Waals surface area contributed by atoms with Crippen molar-refractivity contribution in [1.29, 1.82) is 0 Å². The summed E-state index contributed by atoms with van der Waals surface area (Å²) in [6, 6.07) is 22.9. The summed E-state index contributed by atoms with van der Waals surface area (Å²) in [6.07, 6.45) is 6.25. The Hall–Kier alpha value is -3.94. The number of pyridine rings is 1. The molecule has 0 fully saturated rings. The minimum absolute atomic E-state index is 0.314. The third kappa shape index (κ3) is 3.65. The number of hydrogen-bond donors (Lipinski definition) is 2. The largest absolute Gasteiger partial charge is 0.369 e. The van der Waals surface area contributed by atoms with Gasteiger partial charge in [0, 0.05) is 55.0 Å². The lowest BCUT2D eigenvalue weighted by atomic mass is 9.99. The number of guanidine groups is 1. The van der Waals surface area contributed by atoms with Gasteiger partial charge in [-0.3, -0.25) is 14.8 Å². The van der Waals surface area contributed by atoms with E-state index in [0.717, 1.165) is 54.0 Å². The van der Waals surface area contributed by atoms with E-state index >= 15 is 0 Å². The minimum atomic E-state index is -0.314. The molecule has 4 N–H and O–H groups in total. The lowest BCUT2D eigenvalue weighted by molar-refractivity contribution is 0.271. The van der Waals surface area contributed by atoms with Gasteiger partial charge in [0.25, 0.3) is 0 Å². The summed E-state index contributed by atoms with van der Waals surface area (Å²) in [5, 5.41) is 1.12. The molecule has 6 rings (SSSR count). The van der Waals surface area contributed by atoms with Crippen molar-refractivity contribution < 1.29 is 0 Å². The van der Waals surface area contributed by atoms with E-state index in [9.17, 15) is 0 Å². The van der Waals surface area contributed by atoms with Crippen molar-refractivity contribution in [3.05, 3.63) is 102 Å². The molecule has 4 heterocycles. The van der Waals surface area contributed by atoms with Crippen LogP contribution in [0.2, 0.25) is 0 Å². The number of nitrogens with two attached hydrogens (primary N) is 2. The van der Waals surface area contributed by atoms with Crippen LogP contribution in [0.4, 0.5) is 5.69 Å². The van der Waals surface area contributed by atoms with Crippen molar-refractivity contribution in [3.8, 4) is 5.69 Å². The van der Waals surface area contributed by atoms with Crippen molar-refractivity contribution in [2.75, 3.05) is 18.0 Å². The molecule has 2 aliphatic rings. The minimum Gasteiger partial charge on any atom is -0.369 e. The molecule has 0 radical (unpaired) electrons. The predicted molar refractivity (Wildman–Crippen MR) is 137 cm³/mol. The van der Waals surface area contributed by atoms with Crippen molar-refractivity contribution >= 4 is 22.5 Å². The second kappa shape index (κ2) is 8.44. The Kier molecular flexibility index (Phi) is 5.13. The van der Waals surface area contributed by atoms with Gasteiger partial charge in [0.15, 0.2) is 0 Å². The van der Waals surface area contributed by atoms with Crippen molar-refractivity contribution in [2.45, 2.75) is 19.1 Å². The molecule has 0 spiro atoms. The zero-order valence-corrected chi connectivity index (χ0v) is 18.9. The van der Waals surface area contributed by atoms with Crippen molar-refractivity contribution in [3.63, 3.8) is 0 Å². The topological polar surface area (TPSA) is 88.7 Å². The Morgan fingerprint density at radius 1 is 0.941 bits per heavy atom. The molecule has 2 aliphatic heterocycles. The van der Waals surface area contributed by atoms with Gasteiger partial charge in [-0.05, 0) is 54.0 Å². The molecule has 4 aromatic rings. The van der Waals surface area contributed by atoms with E-state index < -0.39 is 0 Å². The Bertz CT molecular complexity index is 1390. The van der Waals surface area contributed by atoms with Crippen LogP contribution in [0.25, 0.3) is 16.6 Å². The number of aliphatic imine (C=N–C) groups is 1. The van der Waals surface area contributed by atoms with Gasteiger partial charge in [-0.25, -0.2) is 4.99 Å². The molecule has 0 bridgehead atoms. The van der Waals surface area contributed by atoms with Crippen molar-refractivity contribution in [1.82, 2.24) is 14.5 Å². The van der Waals surface area contributed by atoms with E-state index in [1.54, 1.807) is 12.4 Å². The second-order valence-electron chi connectivity index (χ2n) is 8.84. The summed E-state index contributed by atoms with van der Waals surface area (Å²) in [6.45, 7) is 2.62. The molecular weight excluding hydrogens is 422 g/mol. The number of fused-ring (bicyclic) bond motifs is 1. The molecule has 0 saturated heterocycles. The number of rotatable bonds is 4. The summed E-state index contributed by atoms with van der Waals surface area (Å²) in [5.41, 5.74) is 19.9. The van der Waals surface area contributed by atoms with Gasteiger partial charge in [-0.2, -0.15) is 0 Å². The quantitative estimate of drug-likeness (QED) is 0.497. The maximum absolute atomic E-state index is 6.77. The van der Waals surface area contributed by atoms with E-state index in [0.29, 0.717) is 5.96 Å². The first-order valence-corrected chi connectivity index (χ1v) is 11.6. The molecule has 0 aliphatic carbocycles. The molecule has 2 aromatic carbocycles. The lowest BCUT2D eigenvalue weighted by Gasteiger charge is -2.40. The van der Waals surface area contributed by atoms with Gasteiger partial charge < -0.3 is 16.0 Å².